The number of nitrogens with zero attached hydrogens (tertiary/aromatic N) is 1. The summed E-state index contributed by atoms with van der Waals surface area (Å²) in [6.07, 6.45) is 0. The zero-order valence-electron chi connectivity index (χ0n) is 4.27. The van der Waals surface area contributed by atoms with Gasteiger partial charge in [-0.25, -0.2) is 0 Å². The van der Waals surface area contributed by atoms with Crippen LogP contribution in [0.15, 0.2) is 5.18 Å². The van der Waals surface area contributed by atoms with E-state index < -0.39 is 0 Å². The topological polar surface area (TPSA) is 41.5 Å². The molecular weight excluding hydrogens is 92.1 g/mol. The van der Waals surface area contributed by atoms with Gasteiger partial charge in [-0.3, -0.25) is 0 Å². The summed E-state index contributed by atoms with van der Waals surface area (Å²) < 4.78 is 0. The van der Waals surface area contributed by atoms with Gasteiger partial charge in [0, 0.05) is 13.1 Å². The van der Waals surface area contributed by atoms with Gasteiger partial charge in [-0.15, -0.1) is 0 Å². The molecule has 1 heterocycles. The summed E-state index contributed by atoms with van der Waals surface area (Å²) in [5, 5.41) is 5.87. The summed E-state index contributed by atoms with van der Waals surface area (Å²) in [6.45, 7) is 3.34. The van der Waals surface area contributed by atoms with Gasteiger partial charge in [0.2, 0.25) is 0 Å². The van der Waals surface area contributed by atoms with Gasteiger partial charge in [-0.2, -0.15) is 4.91 Å². The van der Waals surface area contributed by atoms with Gasteiger partial charge in [0.05, 0.1) is 0 Å². The van der Waals surface area contributed by atoms with Crippen molar-refractivity contribution < 1.29 is 0 Å². The van der Waals surface area contributed by atoms with Crippen LogP contribution in [0, 0.1) is 4.91 Å². The van der Waals surface area contributed by atoms with Crippen LogP contribution in [0.3, 0.4) is 0 Å². The Morgan fingerprint density at radius 3 is 2.29 bits per heavy atom. The third kappa shape index (κ3) is 0.632. The molecule has 1 fully saturated rings. The maximum Gasteiger partial charge on any atom is 0.124 e. The molecule has 0 radical (unpaired) electrons. The molecule has 3 heteroatoms. The quantitative estimate of drug-likeness (QED) is 0.475. The van der Waals surface area contributed by atoms with E-state index in [1.54, 1.807) is 0 Å². The molecule has 1 aliphatic heterocycles. The molecule has 0 bridgehead atoms. The van der Waals surface area contributed by atoms with Gasteiger partial charge in [-0.1, -0.05) is 5.18 Å². The molecule has 40 valence electrons. The Hall–Kier alpha value is -0.440. The predicted molar refractivity (Wildman–Crippen MR) is 27.1 cm³/mol. The Labute approximate surface area is 42.1 Å². The fourth-order valence-electron chi connectivity index (χ4n) is 0.551. The van der Waals surface area contributed by atoms with Crippen molar-refractivity contribution in [3.63, 3.8) is 0 Å². The Morgan fingerprint density at radius 1 is 1.71 bits per heavy atom. The summed E-state index contributed by atoms with van der Waals surface area (Å²) in [7, 11) is 0. The largest absolute Gasteiger partial charge is 0.312 e. The van der Waals surface area contributed by atoms with Crippen LogP contribution in [0.5, 0.6) is 0 Å². The second kappa shape index (κ2) is 1.26. The van der Waals surface area contributed by atoms with Crippen molar-refractivity contribution >= 4 is 0 Å². The highest BCUT2D eigenvalue weighted by Gasteiger charge is 2.32. The van der Waals surface area contributed by atoms with E-state index in [2.05, 4.69) is 10.5 Å². The molecule has 0 spiro atoms. The Morgan fingerprint density at radius 2 is 2.29 bits per heavy atom. The number of nitrogens with one attached hydrogen (secondary N) is 1. The van der Waals surface area contributed by atoms with Crippen LogP contribution in [0.25, 0.3) is 0 Å². The maximum atomic E-state index is 9.82. The van der Waals surface area contributed by atoms with Crippen LogP contribution in [0.1, 0.15) is 6.92 Å². The van der Waals surface area contributed by atoms with Crippen LogP contribution in [-0.4, -0.2) is 18.6 Å². The molecule has 0 amide bonds. The molecule has 0 aromatic rings. The zero-order chi connectivity index (χ0) is 5.33. The van der Waals surface area contributed by atoms with Crippen LogP contribution in [0.2, 0.25) is 0 Å². The lowest BCUT2D eigenvalue weighted by Crippen LogP contribution is -2.55. The molecule has 0 aromatic carbocycles. The first-order valence-corrected chi connectivity index (χ1v) is 2.32. The van der Waals surface area contributed by atoms with Gasteiger partial charge >= 0.3 is 0 Å². The summed E-state index contributed by atoms with van der Waals surface area (Å²) in [6, 6.07) is 0. The molecule has 0 saturated carbocycles. The summed E-state index contributed by atoms with van der Waals surface area (Å²) >= 11 is 0. The molecular formula is C4H8N2O. The third-order valence-corrected chi connectivity index (χ3v) is 1.23. The van der Waals surface area contributed by atoms with Gasteiger partial charge < -0.3 is 5.32 Å². The summed E-state index contributed by atoms with van der Waals surface area (Å²) in [5.41, 5.74) is -0.278. The van der Waals surface area contributed by atoms with Gasteiger partial charge in [0.1, 0.15) is 5.54 Å². The van der Waals surface area contributed by atoms with Crippen LogP contribution in [-0.2, 0) is 0 Å². The van der Waals surface area contributed by atoms with Crippen LogP contribution >= 0.6 is 0 Å². The number of nitroso groups, excluding NO2 is 1. The van der Waals surface area contributed by atoms with E-state index in [9.17, 15) is 4.91 Å². The molecule has 0 aromatic heterocycles. The SMILES string of the molecule is CC1(N=O)CNC1. The van der Waals surface area contributed by atoms with Crippen molar-refractivity contribution in [1.82, 2.24) is 5.32 Å². The zero-order valence-corrected chi connectivity index (χ0v) is 4.27. The molecule has 1 rings (SSSR count). The minimum Gasteiger partial charge on any atom is -0.312 e. The monoisotopic (exact) mass is 100 g/mol. The second-order valence-electron chi connectivity index (χ2n) is 2.19. The van der Waals surface area contributed by atoms with Crippen molar-refractivity contribution in [2.75, 3.05) is 13.1 Å². The molecule has 0 atom stereocenters. The molecule has 1 N–H and O–H groups in total. The highest BCUT2D eigenvalue weighted by molar-refractivity contribution is 4.95. The second-order valence-corrected chi connectivity index (χ2v) is 2.19. The lowest BCUT2D eigenvalue weighted by molar-refractivity contribution is 0.309. The summed E-state index contributed by atoms with van der Waals surface area (Å²) in [5.74, 6) is 0. The molecule has 1 saturated heterocycles. The van der Waals surface area contributed by atoms with Crippen molar-refractivity contribution in [2.45, 2.75) is 12.5 Å². The average molecular weight is 100 g/mol. The Bertz CT molecular complexity index is 87.7. The maximum absolute atomic E-state index is 9.82. The Kier molecular flexibility index (Phi) is 0.852. The fourth-order valence-corrected chi connectivity index (χ4v) is 0.551. The minimum atomic E-state index is -0.278. The molecule has 0 unspecified atom stereocenters. The van der Waals surface area contributed by atoms with E-state index >= 15 is 0 Å². The van der Waals surface area contributed by atoms with E-state index in [4.69, 9.17) is 0 Å². The van der Waals surface area contributed by atoms with Crippen molar-refractivity contribution in [2.24, 2.45) is 5.18 Å². The van der Waals surface area contributed by atoms with Crippen LogP contribution < -0.4 is 5.32 Å². The summed E-state index contributed by atoms with van der Waals surface area (Å²) in [4.78, 5) is 9.82. The van der Waals surface area contributed by atoms with Gasteiger partial charge in [0.25, 0.3) is 0 Å². The van der Waals surface area contributed by atoms with Crippen molar-refractivity contribution in [3.05, 3.63) is 4.91 Å². The molecule has 0 aliphatic carbocycles. The van der Waals surface area contributed by atoms with Crippen molar-refractivity contribution in [1.29, 1.82) is 0 Å². The van der Waals surface area contributed by atoms with E-state index in [0.29, 0.717) is 0 Å². The van der Waals surface area contributed by atoms with E-state index in [1.807, 2.05) is 6.92 Å². The number of hydrogen-bond donors (Lipinski definition) is 1. The van der Waals surface area contributed by atoms with E-state index in [-0.39, 0.29) is 5.54 Å². The molecule has 7 heavy (non-hydrogen) atoms. The third-order valence-electron chi connectivity index (χ3n) is 1.23. The number of hydrogen-bond acceptors (Lipinski definition) is 3. The van der Waals surface area contributed by atoms with Gasteiger partial charge in [0.15, 0.2) is 0 Å². The molecule has 3 nitrogen and oxygen atoms in total. The van der Waals surface area contributed by atoms with Crippen molar-refractivity contribution in [3.8, 4) is 0 Å². The van der Waals surface area contributed by atoms with E-state index in [1.165, 1.54) is 0 Å². The minimum absolute atomic E-state index is 0.278. The lowest BCUT2D eigenvalue weighted by atomic mass is 9.97. The van der Waals surface area contributed by atoms with Gasteiger partial charge in [-0.05, 0) is 6.92 Å². The van der Waals surface area contributed by atoms with E-state index in [0.717, 1.165) is 13.1 Å². The average Bonchev–Trinajstić information content (AvgIpc) is 1.61. The predicted octanol–water partition coefficient (Wildman–Crippen LogP) is 0.115. The smallest absolute Gasteiger partial charge is 0.124 e. The number of rotatable bonds is 1. The standard InChI is InChI=1S/C4H8N2O/c1-4(6-7)2-5-3-4/h5H,2-3H2,1H3. The highest BCUT2D eigenvalue weighted by Crippen LogP contribution is 2.13. The first-order valence-electron chi connectivity index (χ1n) is 2.32. The first-order chi connectivity index (χ1) is 3.27. The first kappa shape index (κ1) is 4.71. The Balaban J connectivity index is 2.43. The highest BCUT2D eigenvalue weighted by atomic mass is 16.3. The normalized spacial score (nSPS) is 25.9. The fraction of sp³-hybridized carbons (Fsp3) is 1.00. The molecule has 1 aliphatic rings. The lowest BCUT2D eigenvalue weighted by Gasteiger charge is -2.31. The van der Waals surface area contributed by atoms with Crippen LogP contribution in [0.4, 0.5) is 0 Å².